The molecule has 0 fully saturated rings. The average molecular weight is 363 g/mol. The lowest BCUT2D eigenvalue weighted by atomic mass is 10.1. The number of benzene rings is 2. The van der Waals surface area contributed by atoms with Crippen molar-refractivity contribution in [2.45, 2.75) is 18.4 Å². The molecule has 0 bridgehead atoms. The molecule has 134 valence electrons. The average Bonchev–Trinajstić information content (AvgIpc) is 2.61. The van der Waals surface area contributed by atoms with Gasteiger partial charge in [0.1, 0.15) is 5.82 Å². The van der Waals surface area contributed by atoms with Crippen LogP contribution in [0.1, 0.15) is 11.1 Å². The Morgan fingerprint density at radius 1 is 1.12 bits per heavy atom. The van der Waals surface area contributed by atoms with Crippen LogP contribution < -0.4 is 10.6 Å². The van der Waals surface area contributed by atoms with E-state index in [1.54, 1.807) is 56.4 Å². The van der Waals surface area contributed by atoms with Gasteiger partial charge in [-0.25, -0.2) is 12.8 Å². The summed E-state index contributed by atoms with van der Waals surface area (Å²) in [4.78, 5) is 4.37. The predicted molar refractivity (Wildman–Crippen MR) is 97.8 cm³/mol. The maximum atomic E-state index is 13.3. The van der Waals surface area contributed by atoms with E-state index in [-0.39, 0.29) is 18.1 Å². The molecular weight excluding hydrogens is 341 g/mol. The van der Waals surface area contributed by atoms with Crippen LogP contribution in [0.2, 0.25) is 0 Å². The fraction of sp³-hybridized carbons (Fsp3) is 0.278. The van der Waals surface area contributed by atoms with Crippen molar-refractivity contribution in [1.29, 1.82) is 0 Å². The van der Waals surface area contributed by atoms with Gasteiger partial charge in [0.15, 0.2) is 15.8 Å². The molecule has 2 N–H and O–H groups in total. The number of sulfone groups is 1. The zero-order valence-corrected chi connectivity index (χ0v) is 15.1. The zero-order chi connectivity index (χ0) is 18.3. The predicted octanol–water partition coefficient (Wildman–Crippen LogP) is 2.27. The minimum absolute atomic E-state index is 0.0344. The van der Waals surface area contributed by atoms with Gasteiger partial charge in [0.05, 0.1) is 10.6 Å². The van der Waals surface area contributed by atoms with E-state index in [1.807, 2.05) is 0 Å². The van der Waals surface area contributed by atoms with Gasteiger partial charge in [0.2, 0.25) is 0 Å². The van der Waals surface area contributed by atoms with Gasteiger partial charge in [-0.2, -0.15) is 0 Å². The first kappa shape index (κ1) is 18.9. The Morgan fingerprint density at radius 2 is 1.84 bits per heavy atom. The zero-order valence-electron chi connectivity index (χ0n) is 14.3. The van der Waals surface area contributed by atoms with E-state index in [9.17, 15) is 12.8 Å². The lowest BCUT2D eigenvalue weighted by Gasteiger charge is -2.12. The first-order valence-corrected chi connectivity index (χ1v) is 9.55. The number of aryl methyl sites for hydroxylation is 1. The van der Waals surface area contributed by atoms with Crippen molar-refractivity contribution in [2.24, 2.45) is 4.99 Å². The molecule has 0 heterocycles. The summed E-state index contributed by atoms with van der Waals surface area (Å²) in [6.45, 7) is 2.41. The Bertz CT molecular complexity index is 837. The van der Waals surface area contributed by atoms with Gasteiger partial charge >= 0.3 is 0 Å². The number of guanidine groups is 1. The fourth-order valence-corrected chi connectivity index (χ4v) is 3.45. The quantitative estimate of drug-likeness (QED) is 0.610. The largest absolute Gasteiger partial charge is 0.355 e. The highest BCUT2D eigenvalue weighted by Crippen LogP contribution is 2.10. The molecule has 0 aliphatic carbocycles. The Morgan fingerprint density at radius 3 is 2.48 bits per heavy atom. The summed E-state index contributed by atoms with van der Waals surface area (Å²) >= 11 is 0. The molecule has 25 heavy (non-hydrogen) atoms. The number of halogens is 1. The third kappa shape index (κ3) is 5.56. The highest BCUT2D eigenvalue weighted by Gasteiger charge is 2.13. The Balaban J connectivity index is 1.85. The van der Waals surface area contributed by atoms with E-state index < -0.39 is 9.84 Å². The van der Waals surface area contributed by atoms with E-state index in [2.05, 4.69) is 15.6 Å². The summed E-state index contributed by atoms with van der Waals surface area (Å²) in [5, 5.41) is 6.06. The lowest BCUT2D eigenvalue weighted by molar-refractivity contribution is 0.594. The summed E-state index contributed by atoms with van der Waals surface area (Å²) in [5.41, 5.74) is 1.50. The third-order valence-electron chi connectivity index (χ3n) is 3.67. The Hall–Kier alpha value is -2.41. The number of hydrogen-bond acceptors (Lipinski definition) is 3. The van der Waals surface area contributed by atoms with Crippen LogP contribution in [0.25, 0.3) is 0 Å². The van der Waals surface area contributed by atoms with Crippen LogP contribution in [0.15, 0.2) is 58.4 Å². The number of nitrogens with zero attached hydrogens (tertiary/aromatic N) is 1. The first-order chi connectivity index (χ1) is 11.9. The Kier molecular flexibility index (Phi) is 6.52. The highest BCUT2D eigenvalue weighted by molar-refractivity contribution is 7.91. The molecule has 2 aromatic rings. The molecule has 0 saturated carbocycles. The van der Waals surface area contributed by atoms with Crippen LogP contribution in [0.4, 0.5) is 4.39 Å². The molecule has 0 aliphatic heterocycles. The number of nitrogens with one attached hydrogen (secondary N) is 2. The van der Waals surface area contributed by atoms with E-state index in [4.69, 9.17) is 0 Å². The van der Waals surface area contributed by atoms with E-state index in [0.717, 1.165) is 5.56 Å². The van der Waals surface area contributed by atoms with Crippen molar-refractivity contribution in [3.8, 4) is 0 Å². The molecule has 0 saturated heterocycles. The number of hydrogen-bond donors (Lipinski definition) is 2. The number of rotatable bonds is 6. The molecule has 0 atom stereocenters. The van der Waals surface area contributed by atoms with Crippen molar-refractivity contribution in [3.63, 3.8) is 0 Å². The van der Waals surface area contributed by atoms with Gasteiger partial charge in [-0.3, -0.25) is 4.99 Å². The maximum Gasteiger partial charge on any atom is 0.191 e. The van der Waals surface area contributed by atoms with Crippen molar-refractivity contribution >= 4 is 15.8 Å². The molecule has 2 aromatic carbocycles. The fourth-order valence-electron chi connectivity index (χ4n) is 2.27. The van der Waals surface area contributed by atoms with Crippen LogP contribution in [-0.4, -0.2) is 33.7 Å². The van der Waals surface area contributed by atoms with Crippen LogP contribution >= 0.6 is 0 Å². The van der Waals surface area contributed by atoms with E-state index >= 15 is 0 Å². The summed E-state index contributed by atoms with van der Waals surface area (Å²) in [6.07, 6.45) is 0. The second-order valence-corrected chi connectivity index (χ2v) is 7.68. The monoisotopic (exact) mass is 363 g/mol. The van der Waals surface area contributed by atoms with Crippen LogP contribution in [0, 0.1) is 12.7 Å². The molecule has 0 amide bonds. The van der Waals surface area contributed by atoms with E-state index in [1.165, 1.54) is 6.07 Å². The van der Waals surface area contributed by atoms with Gasteiger partial charge in [-0.1, -0.05) is 30.3 Å². The van der Waals surface area contributed by atoms with Crippen molar-refractivity contribution in [2.75, 3.05) is 19.3 Å². The molecule has 0 aliphatic rings. The SMILES string of the molecule is CN=C(NCCS(=O)(=O)c1ccccc1)NCc1ccc(F)c(C)c1. The normalized spacial score (nSPS) is 12.0. The molecule has 7 heteroatoms. The number of aliphatic imine (C=N–C) groups is 1. The summed E-state index contributed by atoms with van der Waals surface area (Å²) in [6, 6.07) is 13.2. The summed E-state index contributed by atoms with van der Waals surface area (Å²) in [7, 11) is -1.72. The van der Waals surface area contributed by atoms with Crippen molar-refractivity contribution in [1.82, 2.24) is 10.6 Å². The van der Waals surface area contributed by atoms with Crippen LogP contribution in [-0.2, 0) is 16.4 Å². The smallest absolute Gasteiger partial charge is 0.191 e. The second-order valence-electron chi connectivity index (χ2n) is 5.57. The van der Waals surface area contributed by atoms with Crippen molar-refractivity contribution in [3.05, 3.63) is 65.5 Å². The topological polar surface area (TPSA) is 70.6 Å². The molecule has 2 rings (SSSR count). The molecule has 0 spiro atoms. The minimum atomic E-state index is -3.33. The molecule has 0 radical (unpaired) electrons. The molecule has 5 nitrogen and oxygen atoms in total. The van der Waals surface area contributed by atoms with Crippen molar-refractivity contribution < 1.29 is 12.8 Å². The lowest BCUT2D eigenvalue weighted by Crippen LogP contribution is -2.39. The summed E-state index contributed by atoms with van der Waals surface area (Å²) in [5.74, 6) is 0.218. The van der Waals surface area contributed by atoms with Gasteiger partial charge < -0.3 is 10.6 Å². The molecule has 0 unspecified atom stereocenters. The van der Waals surface area contributed by atoms with Crippen LogP contribution in [0.3, 0.4) is 0 Å². The van der Waals surface area contributed by atoms with E-state index in [0.29, 0.717) is 23.0 Å². The second kappa shape index (κ2) is 8.62. The highest BCUT2D eigenvalue weighted by atomic mass is 32.2. The third-order valence-corrected chi connectivity index (χ3v) is 5.40. The standard InChI is InChI=1S/C18H22FN3O2S/c1-14-12-15(8-9-17(14)19)13-22-18(20-2)21-10-11-25(23,24)16-6-4-3-5-7-16/h3-9,12H,10-11,13H2,1-2H3,(H2,20,21,22). The summed E-state index contributed by atoms with van der Waals surface area (Å²) < 4.78 is 37.7. The minimum Gasteiger partial charge on any atom is -0.355 e. The Labute approximate surface area is 147 Å². The van der Waals surface area contributed by atoms with Gasteiger partial charge in [-0.05, 0) is 36.2 Å². The first-order valence-electron chi connectivity index (χ1n) is 7.90. The molecule has 0 aromatic heterocycles. The van der Waals surface area contributed by atoms with Gasteiger partial charge in [-0.15, -0.1) is 0 Å². The molecular formula is C18H22FN3O2S. The maximum absolute atomic E-state index is 13.3. The van der Waals surface area contributed by atoms with Crippen LogP contribution in [0.5, 0.6) is 0 Å². The van der Waals surface area contributed by atoms with Gasteiger partial charge in [0.25, 0.3) is 0 Å². The van der Waals surface area contributed by atoms with Gasteiger partial charge in [0, 0.05) is 20.1 Å².